The highest BCUT2D eigenvalue weighted by molar-refractivity contribution is 7.93. The summed E-state index contributed by atoms with van der Waals surface area (Å²) in [6.45, 7) is 1.78. The number of benzene rings is 2. The van der Waals surface area contributed by atoms with E-state index < -0.39 is 15.8 Å². The van der Waals surface area contributed by atoms with E-state index >= 15 is 0 Å². The van der Waals surface area contributed by atoms with Crippen molar-refractivity contribution in [1.29, 1.82) is 0 Å². The second-order valence-electron chi connectivity index (χ2n) is 5.94. The van der Waals surface area contributed by atoms with E-state index in [1.165, 1.54) is 0 Å². The molecule has 1 N–H and O–H groups in total. The molecule has 0 radical (unpaired) electrons. The highest BCUT2D eigenvalue weighted by Crippen LogP contribution is 2.28. The summed E-state index contributed by atoms with van der Waals surface area (Å²) in [4.78, 5) is 13.0. The Kier molecular flexibility index (Phi) is 5.98. The molecule has 1 amide bonds. The van der Waals surface area contributed by atoms with Crippen LogP contribution < -0.4 is 5.32 Å². The van der Waals surface area contributed by atoms with Gasteiger partial charge in [-0.1, -0.05) is 78.9 Å². The molecule has 0 aliphatic carbocycles. The van der Waals surface area contributed by atoms with Crippen LogP contribution >= 0.6 is 11.3 Å². The largest absolute Gasteiger partial charge is 0.300 e. The van der Waals surface area contributed by atoms with Gasteiger partial charge in [0.1, 0.15) is 0 Å². The van der Waals surface area contributed by atoms with Crippen molar-refractivity contribution in [3.63, 3.8) is 0 Å². The predicted molar refractivity (Wildman–Crippen MR) is 106 cm³/mol. The maximum Gasteiger partial charge on any atom is 0.238 e. The van der Waals surface area contributed by atoms with Gasteiger partial charge in [-0.05, 0) is 17.5 Å². The fourth-order valence-corrected chi connectivity index (χ4v) is 5.06. The van der Waals surface area contributed by atoms with Crippen LogP contribution in [0.2, 0.25) is 0 Å². The third-order valence-electron chi connectivity index (χ3n) is 3.90. The molecule has 2 aromatic carbocycles. The van der Waals surface area contributed by atoms with Crippen molar-refractivity contribution in [2.75, 3.05) is 11.1 Å². The molecule has 0 saturated carbocycles. The van der Waals surface area contributed by atoms with Crippen molar-refractivity contribution in [3.8, 4) is 0 Å². The molecule has 0 spiro atoms. The van der Waals surface area contributed by atoms with Crippen LogP contribution in [0.15, 0.2) is 65.0 Å². The van der Waals surface area contributed by atoms with Gasteiger partial charge in [0.15, 0.2) is 0 Å². The average Bonchev–Trinajstić information content (AvgIpc) is 3.13. The van der Waals surface area contributed by atoms with E-state index in [1.807, 2.05) is 60.7 Å². The molecule has 27 heavy (non-hydrogen) atoms. The van der Waals surface area contributed by atoms with Crippen molar-refractivity contribution in [2.45, 2.75) is 23.6 Å². The van der Waals surface area contributed by atoms with E-state index in [-0.39, 0.29) is 21.1 Å². The number of carbonyl (C=O) groups excluding carboxylic acids is 1. The Morgan fingerprint density at radius 2 is 1.56 bits per heavy atom. The third-order valence-corrected chi connectivity index (χ3v) is 7.11. The van der Waals surface area contributed by atoms with Crippen LogP contribution in [0.4, 0.5) is 5.13 Å². The predicted octanol–water partition coefficient (Wildman–Crippen LogP) is 3.49. The number of anilines is 1. The number of nitrogens with one attached hydrogen (secondary N) is 1. The van der Waals surface area contributed by atoms with E-state index in [9.17, 15) is 13.2 Å². The Morgan fingerprint density at radius 3 is 2.07 bits per heavy atom. The van der Waals surface area contributed by atoms with Gasteiger partial charge in [0, 0.05) is 0 Å². The van der Waals surface area contributed by atoms with Crippen molar-refractivity contribution in [1.82, 2.24) is 10.2 Å². The van der Waals surface area contributed by atoms with E-state index in [2.05, 4.69) is 15.5 Å². The molecule has 0 aliphatic heterocycles. The van der Waals surface area contributed by atoms with Gasteiger partial charge < -0.3 is 0 Å². The lowest BCUT2D eigenvalue weighted by molar-refractivity contribution is -0.116. The molecule has 3 aromatic rings. The Bertz CT molecular complexity index is 963. The number of carbonyl (C=O) groups is 1. The Hall–Kier alpha value is -2.58. The SMILES string of the molecule is CCCS(=O)(=O)c1nnc(NC(=O)C(c2ccccc2)c2ccccc2)s1. The summed E-state index contributed by atoms with van der Waals surface area (Å²) in [5.41, 5.74) is 1.68. The van der Waals surface area contributed by atoms with Gasteiger partial charge in [0.2, 0.25) is 25.2 Å². The van der Waals surface area contributed by atoms with Crippen LogP contribution in [0.1, 0.15) is 30.4 Å². The van der Waals surface area contributed by atoms with Crippen LogP contribution in [0.25, 0.3) is 0 Å². The van der Waals surface area contributed by atoms with E-state index in [4.69, 9.17) is 0 Å². The topological polar surface area (TPSA) is 89.0 Å². The van der Waals surface area contributed by atoms with Gasteiger partial charge in [0.25, 0.3) is 0 Å². The first-order valence-corrected chi connectivity index (χ1v) is 10.9. The molecule has 0 fully saturated rings. The number of rotatable bonds is 7. The molecular weight excluding hydrogens is 382 g/mol. The number of hydrogen-bond acceptors (Lipinski definition) is 6. The molecule has 6 nitrogen and oxygen atoms in total. The van der Waals surface area contributed by atoms with Crippen LogP contribution in [0.5, 0.6) is 0 Å². The fraction of sp³-hybridized carbons (Fsp3) is 0.211. The molecule has 1 aromatic heterocycles. The molecule has 0 unspecified atom stereocenters. The first-order valence-electron chi connectivity index (χ1n) is 8.48. The maximum atomic E-state index is 13.0. The highest BCUT2D eigenvalue weighted by Gasteiger charge is 2.25. The number of sulfone groups is 1. The normalized spacial score (nSPS) is 11.5. The zero-order valence-electron chi connectivity index (χ0n) is 14.7. The smallest absolute Gasteiger partial charge is 0.238 e. The average molecular weight is 402 g/mol. The molecule has 0 atom stereocenters. The Morgan fingerprint density at radius 1 is 1.00 bits per heavy atom. The van der Waals surface area contributed by atoms with E-state index in [1.54, 1.807) is 6.92 Å². The maximum absolute atomic E-state index is 13.0. The Labute approximate surface area is 162 Å². The number of amides is 1. The van der Waals surface area contributed by atoms with Crippen LogP contribution in [-0.2, 0) is 14.6 Å². The van der Waals surface area contributed by atoms with Crippen LogP contribution in [0.3, 0.4) is 0 Å². The van der Waals surface area contributed by atoms with Gasteiger partial charge in [-0.25, -0.2) is 8.42 Å². The lowest BCUT2D eigenvalue weighted by Crippen LogP contribution is -2.22. The lowest BCUT2D eigenvalue weighted by atomic mass is 9.90. The second-order valence-corrected chi connectivity index (χ2v) is 9.20. The molecule has 0 aliphatic rings. The summed E-state index contributed by atoms with van der Waals surface area (Å²) in [6, 6.07) is 18.8. The minimum absolute atomic E-state index is 0.00619. The van der Waals surface area contributed by atoms with Gasteiger partial charge in [-0.3, -0.25) is 10.1 Å². The summed E-state index contributed by atoms with van der Waals surface area (Å²) >= 11 is 0.874. The standard InChI is InChI=1S/C19H19N3O3S2/c1-2-13-27(24,25)19-22-21-18(26-19)20-17(23)16(14-9-5-3-6-10-14)15-11-7-4-8-12-15/h3-12,16H,2,13H2,1H3,(H,20,21,23). The molecule has 3 rings (SSSR count). The molecule has 0 bridgehead atoms. The zero-order valence-corrected chi connectivity index (χ0v) is 16.3. The van der Waals surface area contributed by atoms with Gasteiger partial charge in [-0.2, -0.15) is 0 Å². The van der Waals surface area contributed by atoms with Crippen molar-refractivity contribution < 1.29 is 13.2 Å². The summed E-state index contributed by atoms with van der Waals surface area (Å²) < 4.78 is 24.1. The number of aromatic nitrogens is 2. The Balaban J connectivity index is 1.87. The van der Waals surface area contributed by atoms with Crippen molar-refractivity contribution in [3.05, 3.63) is 71.8 Å². The first-order chi connectivity index (χ1) is 13.0. The van der Waals surface area contributed by atoms with Crippen LogP contribution in [0, 0.1) is 0 Å². The van der Waals surface area contributed by atoms with E-state index in [0.717, 1.165) is 22.5 Å². The van der Waals surface area contributed by atoms with Crippen LogP contribution in [-0.4, -0.2) is 30.3 Å². The van der Waals surface area contributed by atoms with Gasteiger partial charge in [0.05, 0.1) is 11.7 Å². The number of nitrogens with zero attached hydrogens (tertiary/aromatic N) is 2. The lowest BCUT2D eigenvalue weighted by Gasteiger charge is -2.16. The first kappa shape index (κ1) is 19.2. The fourth-order valence-electron chi connectivity index (χ4n) is 2.71. The van der Waals surface area contributed by atoms with Crippen molar-refractivity contribution >= 4 is 32.2 Å². The molecule has 0 saturated heterocycles. The summed E-state index contributed by atoms with van der Waals surface area (Å²) in [7, 11) is -3.46. The zero-order chi connectivity index (χ0) is 19.3. The molecule has 8 heteroatoms. The summed E-state index contributed by atoms with van der Waals surface area (Å²) in [5, 5.41) is 10.4. The highest BCUT2D eigenvalue weighted by atomic mass is 32.2. The molecular formula is C19H19N3O3S2. The third kappa shape index (κ3) is 4.58. The van der Waals surface area contributed by atoms with Crippen molar-refractivity contribution in [2.24, 2.45) is 0 Å². The summed E-state index contributed by atoms with van der Waals surface area (Å²) in [6.07, 6.45) is 0.494. The molecule has 1 heterocycles. The van der Waals surface area contributed by atoms with Gasteiger partial charge >= 0.3 is 0 Å². The minimum atomic E-state index is -3.46. The molecule has 140 valence electrons. The number of hydrogen-bond donors (Lipinski definition) is 1. The minimum Gasteiger partial charge on any atom is -0.300 e. The monoisotopic (exact) mass is 401 g/mol. The second kappa shape index (κ2) is 8.41. The quantitative estimate of drug-likeness (QED) is 0.612. The summed E-state index contributed by atoms with van der Waals surface area (Å²) in [5.74, 6) is -0.818. The van der Waals surface area contributed by atoms with Gasteiger partial charge in [-0.15, -0.1) is 10.2 Å². The van der Waals surface area contributed by atoms with E-state index in [0.29, 0.717) is 6.42 Å².